The molecule has 3 rings (SSSR count). The summed E-state index contributed by atoms with van der Waals surface area (Å²) in [6, 6.07) is 15.5. The molecule has 1 saturated heterocycles. The molecule has 5 heteroatoms. The topological polar surface area (TPSA) is 77.5 Å². The van der Waals surface area contributed by atoms with Crippen molar-refractivity contribution in [3.63, 3.8) is 0 Å². The van der Waals surface area contributed by atoms with Crippen LogP contribution in [0.15, 0.2) is 48.5 Å². The Kier molecular flexibility index (Phi) is 6.58. The van der Waals surface area contributed by atoms with Gasteiger partial charge in [-0.1, -0.05) is 48.5 Å². The number of Topliss-reactive ketones (excluding diaryl/α,β-unsaturated/α-hetero) is 2. The molecule has 2 aromatic rings. The number of benzene rings is 2. The lowest BCUT2D eigenvalue weighted by Crippen LogP contribution is -2.24. The maximum atomic E-state index is 11.7. The first-order valence-corrected chi connectivity index (χ1v) is 9.78. The molecule has 1 fully saturated rings. The van der Waals surface area contributed by atoms with E-state index in [1.807, 2.05) is 48.5 Å². The van der Waals surface area contributed by atoms with Crippen molar-refractivity contribution in [1.82, 2.24) is 0 Å². The smallest absolute Gasteiger partial charge is 0.314 e. The second-order valence-electron chi connectivity index (χ2n) is 7.57. The minimum absolute atomic E-state index is 0.00885. The van der Waals surface area contributed by atoms with Gasteiger partial charge in [0.25, 0.3) is 0 Å². The monoisotopic (exact) mass is 402 g/mol. The fraction of sp³-hybridized carbons (Fsp3) is 0.280. The van der Waals surface area contributed by atoms with Crippen LogP contribution in [0.5, 0.6) is 0 Å². The number of ketones is 2. The van der Waals surface area contributed by atoms with Gasteiger partial charge in [0, 0.05) is 18.8 Å². The number of esters is 2. The molecule has 0 amide bonds. The van der Waals surface area contributed by atoms with E-state index in [-0.39, 0.29) is 49.1 Å². The number of cyclic esters (lactones) is 2. The lowest BCUT2D eigenvalue weighted by molar-refractivity contribution is -0.164. The van der Waals surface area contributed by atoms with Gasteiger partial charge >= 0.3 is 11.9 Å². The third-order valence-corrected chi connectivity index (χ3v) is 5.28. The molecule has 0 N–H and O–H groups in total. The Labute approximate surface area is 175 Å². The van der Waals surface area contributed by atoms with Crippen molar-refractivity contribution in [3.8, 4) is 23.5 Å². The molecule has 1 aliphatic heterocycles. The maximum Gasteiger partial charge on any atom is 0.314 e. The second kappa shape index (κ2) is 9.32. The quantitative estimate of drug-likeness (QED) is 0.303. The van der Waals surface area contributed by atoms with Crippen LogP contribution in [0.2, 0.25) is 0 Å². The zero-order valence-electron chi connectivity index (χ0n) is 16.7. The predicted molar refractivity (Wildman–Crippen MR) is 111 cm³/mol. The molecule has 5 nitrogen and oxygen atoms in total. The van der Waals surface area contributed by atoms with Gasteiger partial charge in [0.15, 0.2) is 0 Å². The molecular weight excluding hydrogens is 380 g/mol. The SMILES string of the molecule is C#CC(=O)CC(CC(C)=O)c1ccc(-c2ccc(C3CC(=O)OC(=O)C3)cc2)cc1. The highest BCUT2D eigenvalue weighted by atomic mass is 16.6. The summed E-state index contributed by atoms with van der Waals surface area (Å²) in [5.41, 5.74) is 3.79. The van der Waals surface area contributed by atoms with Crippen LogP contribution < -0.4 is 0 Å². The van der Waals surface area contributed by atoms with Crippen molar-refractivity contribution >= 4 is 23.5 Å². The van der Waals surface area contributed by atoms with Gasteiger partial charge in [0.2, 0.25) is 5.78 Å². The normalized spacial score (nSPS) is 15.2. The zero-order valence-corrected chi connectivity index (χ0v) is 16.7. The molecule has 1 heterocycles. The molecule has 0 aromatic heterocycles. The van der Waals surface area contributed by atoms with E-state index in [2.05, 4.69) is 10.7 Å². The summed E-state index contributed by atoms with van der Waals surface area (Å²) in [6.45, 7) is 1.50. The van der Waals surface area contributed by atoms with Crippen LogP contribution >= 0.6 is 0 Å². The van der Waals surface area contributed by atoms with Crippen molar-refractivity contribution in [3.05, 3.63) is 59.7 Å². The second-order valence-corrected chi connectivity index (χ2v) is 7.57. The number of terminal acetylenes is 1. The van der Waals surface area contributed by atoms with Crippen LogP contribution in [0.25, 0.3) is 11.1 Å². The average Bonchev–Trinajstić information content (AvgIpc) is 2.72. The highest BCUT2D eigenvalue weighted by molar-refractivity contribution is 5.95. The summed E-state index contributed by atoms with van der Waals surface area (Å²) in [5, 5.41) is 0. The van der Waals surface area contributed by atoms with Gasteiger partial charge in [0.05, 0.1) is 12.8 Å². The summed E-state index contributed by atoms with van der Waals surface area (Å²) < 4.78 is 4.59. The Hall–Kier alpha value is -3.52. The van der Waals surface area contributed by atoms with Gasteiger partial charge < -0.3 is 9.53 Å². The van der Waals surface area contributed by atoms with Gasteiger partial charge in [-0.05, 0) is 41.0 Å². The summed E-state index contributed by atoms with van der Waals surface area (Å²) in [7, 11) is 0. The van der Waals surface area contributed by atoms with Crippen LogP contribution in [0.1, 0.15) is 55.6 Å². The molecule has 0 aliphatic carbocycles. The largest absolute Gasteiger partial charge is 0.393 e. The summed E-state index contributed by atoms with van der Waals surface area (Å²) in [4.78, 5) is 46.2. The third kappa shape index (κ3) is 5.30. The number of hydrogen-bond donors (Lipinski definition) is 0. The van der Waals surface area contributed by atoms with Crippen LogP contribution in [0.3, 0.4) is 0 Å². The van der Waals surface area contributed by atoms with Crippen LogP contribution in [-0.4, -0.2) is 23.5 Å². The number of carbonyl (C=O) groups excluding carboxylic acids is 4. The molecular formula is C25H22O5. The summed E-state index contributed by atoms with van der Waals surface area (Å²) in [5.74, 6) is 0.448. The molecule has 30 heavy (non-hydrogen) atoms. The van der Waals surface area contributed by atoms with E-state index >= 15 is 0 Å². The van der Waals surface area contributed by atoms with Crippen molar-refractivity contribution in [1.29, 1.82) is 0 Å². The van der Waals surface area contributed by atoms with Gasteiger partial charge in [-0.25, -0.2) is 0 Å². The maximum absolute atomic E-state index is 11.7. The van der Waals surface area contributed by atoms with Gasteiger partial charge in [-0.3, -0.25) is 14.4 Å². The minimum atomic E-state index is -0.487. The van der Waals surface area contributed by atoms with E-state index in [9.17, 15) is 19.2 Å². The van der Waals surface area contributed by atoms with E-state index in [1.54, 1.807) is 0 Å². The lowest BCUT2D eigenvalue weighted by atomic mass is 9.88. The Bertz CT molecular complexity index is 993. The molecule has 0 bridgehead atoms. The number of rotatable bonds is 7. The van der Waals surface area contributed by atoms with Crippen LogP contribution in [0, 0.1) is 12.3 Å². The molecule has 1 unspecified atom stereocenters. The third-order valence-electron chi connectivity index (χ3n) is 5.28. The molecule has 1 aliphatic rings. The fourth-order valence-electron chi connectivity index (χ4n) is 3.75. The highest BCUT2D eigenvalue weighted by Crippen LogP contribution is 2.31. The fourth-order valence-corrected chi connectivity index (χ4v) is 3.75. The van der Waals surface area contributed by atoms with Crippen molar-refractivity contribution in [2.24, 2.45) is 0 Å². The highest BCUT2D eigenvalue weighted by Gasteiger charge is 2.28. The molecule has 2 aromatic carbocycles. The first-order chi connectivity index (χ1) is 14.4. The van der Waals surface area contributed by atoms with Crippen molar-refractivity contribution < 1.29 is 23.9 Å². The van der Waals surface area contributed by atoms with E-state index < -0.39 is 11.9 Å². The van der Waals surface area contributed by atoms with Crippen LogP contribution in [0.4, 0.5) is 0 Å². The lowest BCUT2D eigenvalue weighted by Gasteiger charge is -2.20. The minimum Gasteiger partial charge on any atom is -0.393 e. The van der Waals surface area contributed by atoms with E-state index in [0.717, 1.165) is 22.3 Å². The summed E-state index contributed by atoms with van der Waals surface area (Å²) in [6.07, 6.45) is 6.00. The Morgan fingerprint density at radius 2 is 1.50 bits per heavy atom. The van der Waals surface area contributed by atoms with Gasteiger partial charge in [-0.2, -0.15) is 0 Å². The van der Waals surface area contributed by atoms with E-state index in [0.29, 0.717) is 0 Å². The van der Waals surface area contributed by atoms with E-state index in [1.165, 1.54) is 6.92 Å². The molecule has 0 saturated carbocycles. The van der Waals surface area contributed by atoms with Crippen molar-refractivity contribution in [2.45, 2.75) is 44.4 Å². The van der Waals surface area contributed by atoms with Crippen molar-refractivity contribution in [2.75, 3.05) is 0 Å². The predicted octanol–water partition coefficient (Wildman–Crippen LogP) is 3.96. The number of hydrogen-bond acceptors (Lipinski definition) is 5. The molecule has 152 valence electrons. The Balaban J connectivity index is 1.76. The Morgan fingerprint density at radius 1 is 0.967 bits per heavy atom. The number of carbonyl (C=O) groups is 4. The Morgan fingerprint density at radius 3 is 2.00 bits per heavy atom. The molecule has 1 atom stereocenters. The van der Waals surface area contributed by atoms with E-state index in [4.69, 9.17) is 6.42 Å². The zero-order chi connectivity index (χ0) is 21.7. The first kappa shape index (κ1) is 21.2. The van der Waals surface area contributed by atoms with Gasteiger partial charge in [0.1, 0.15) is 5.78 Å². The summed E-state index contributed by atoms with van der Waals surface area (Å²) >= 11 is 0. The average molecular weight is 402 g/mol. The van der Waals surface area contributed by atoms with Crippen LogP contribution in [-0.2, 0) is 23.9 Å². The first-order valence-electron chi connectivity index (χ1n) is 9.78. The molecule has 0 spiro atoms. The number of ether oxygens (including phenoxy) is 1. The molecule has 0 radical (unpaired) electrons. The standard InChI is InChI=1S/C25H22O5/c1-3-23(27)13-21(12-16(2)26)19-8-4-17(5-9-19)18-6-10-20(11-7-18)22-14-24(28)30-25(29)15-22/h1,4-11,21-22H,12-15H2,2H3. The van der Waals surface area contributed by atoms with Gasteiger partial charge in [-0.15, -0.1) is 6.42 Å².